The molecular formula is C13H17BrO2. The van der Waals surface area contributed by atoms with Crippen molar-refractivity contribution < 1.29 is 9.53 Å². The van der Waals surface area contributed by atoms with Gasteiger partial charge in [-0.25, -0.2) is 0 Å². The molecule has 0 saturated heterocycles. The quantitative estimate of drug-likeness (QED) is 0.774. The Balaban J connectivity index is 3.10. The first-order chi connectivity index (χ1) is 7.35. The Morgan fingerprint density at radius 2 is 2.06 bits per heavy atom. The van der Waals surface area contributed by atoms with Gasteiger partial charge < -0.3 is 4.74 Å². The van der Waals surface area contributed by atoms with E-state index in [1.54, 1.807) is 13.0 Å². The van der Waals surface area contributed by atoms with Gasteiger partial charge in [-0.05, 0) is 45.4 Å². The summed E-state index contributed by atoms with van der Waals surface area (Å²) in [6, 6.07) is 5.48. The summed E-state index contributed by atoms with van der Waals surface area (Å²) in [6.07, 6.45) is 0.886. The maximum absolute atomic E-state index is 11.5. The fraction of sp³-hybridized carbons (Fsp3) is 0.462. The topological polar surface area (TPSA) is 26.3 Å². The van der Waals surface area contributed by atoms with Crippen LogP contribution in [0.4, 0.5) is 0 Å². The first-order valence-corrected chi connectivity index (χ1v) is 6.14. The van der Waals surface area contributed by atoms with Crippen molar-refractivity contribution in [3.8, 4) is 5.75 Å². The lowest BCUT2D eigenvalue weighted by Gasteiger charge is -2.26. The van der Waals surface area contributed by atoms with Gasteiger partial charge in [0, 0.05) is 4.47 Å². The van der Waals surface area contributed by atoms with Crippen molar-refractivity contribution in [2.75, 3.05) is 0 Å². The van der Waals surface area contributed by atoms with E-state index in [0.29, 0.717) is 11.3 Å². The van der Waals surface area contributed by atoms with Crippen LogP contribution in [0.15, 0.2) is 22.7 Å². The Morgan fingerprint density at radius 3 is 2.56 bits per heavy atom. The van der Waals surface area contributed by atoms with E-state index in [4.69, 9.17) is 4.74 Å². The van der Waals surface area contributed by atoms with Gasteiger partial charge in [0.15, 0.2) is 5.78 Å². The van der Waals surface area contributed by atoms with Crippen molar-refractivity contribution in [1.82, 2.24) is 0 Å². The summed E-state index contributed by atoms with van der Waals surface area (Å²) in [7, 11) is 0. The molecule has 0 N–H and O–H groups in total. The summed E-state index contributed by atoms with van der Waals surface area (Å²) in [5.74, 6) is 0.670. The Bertz CT molecular complexity index is 397. The number of carbonyl (C=O) groups excluding carboxylic acids is 1. The van der Waals surface area contributed by atoms with Crippen LogP contribution in [0.3, 0.4) is 0 Å². The van der Waals surface area contributed by atoms with E-state index in [0.717, 1.165) is 10.9 Å². The zero-order valence-corrected chi connectivity index (χ0v) is 11.7. The third kappa shape index (κ3) is 3.34. The molecule has 2 nitrogen and oxygen atoms in total. The summed E-state index contributed by atoms with van der Waals surface area (Å²) in [4.78, 5) is 11.5. The van der Waals surface area contributed by atoms with E-state index in [1.807, 2.05) is 26.0 Å². The van der Waals surface area contributed by atoms with Crippen LogP contribution >= 0.6 is 15.9 Å². The van der Waals surface area contributed by atoms with Crippen molar-refractivity contribution in [2.24, 2.45) is 0 Å². The molecule has 0 aliphatic rings. The molecule has 0 radical (unpaired) electrons. The average Bonchev–Trinajstić information content (AvgIpc) is 2.16. The van der Waals surface area contributed by atoms with Gasteiger partial charge in [0.2, 0.25) is 0 Å². The maximum Gasteiger partial charge on any atom is 0.163 e. The van der Waals surface area contributed by atoms with Crippen LogP contribution in [0.2, 0.25) is 0 Å². The number of halogens is 1. The number of ketones is 1. The SMILES string of the molecule is CCC(C)(C)Oc1cc(Br)ccc1C(C)=O. The van der Waals surface area contributed by atoms with Crippen molar-refractivity contribution in [3.05, 3.63) is 28.2 Å². The molecule has 0 atom stereocenters. The molecule has 1 aromatic rings. The van der Waals surface area contributed by atoms with Crippen molar-refractivity contribution >= 4 is 21.7 Å². The Hall–Kier alpha value is -0.830. The summed E-state index contributed by atoms with van der Waals surface area (Å²) in [5.41, 5.74) is 0.370. The summed E-state index contributed by atoms with van der Waals surface area (Å²) in [6.45, 7) is 7.64. The van der Waals surface area contributed by atoms with Gasteiger partial charge in [-0.3, -0.25) is 4.79 Å². The van der Waals surface area contributed by atoms with Crippen molar-refractivity contribution in [3.63, 3.8) is 0 Å². The Labute approximate surface area is 105 Å². The molecule has 88 valence electrons. The number of Topliss-reactive ketones (excluding diaryl/α,β-unsaturated/α-hetero) is 1. The molecule has 0 aliphatic carbocycles. The van der Waals surface area contributed by atoms with E-state index >= 15 is 0 Å². The molecule has 0 heterocycles. The normalized spacial score (nSPS) is 11.3. The van der Waals surface area contributed by atoms with Crippen LogP contribution in [0, 0.1) is 0 Å². The van der Waals surface area contributed by atoms with Gasteiger partial charge in [-0.2, -0.15) is 0 Å². The molecule has 3 heteroatoms. The molecule has 16 heavy (non-hydrogen) atoms. The highest BCUT2D eigenvalue weighted by molar-refractivity contribution is 9.10. The number of hydrogen-bond acceptors (Lipinski definition) is 2. The smallest absolute Gasteiger partial charge is 0.163 e. The van der Waals surface area contributed by atoms with E-state index in [1.165, 1.54) is 0 Å². The first-order valence-electron chi connectivity index (χ1n) is 5.35. The summed E-state index contributed by atoms with van der Waals surface area (Å²) in [5, 5.41) is 0. The molecule has 0 amide bonds. The minimum Gasteiger partial charge on any atom is -0.487 e. The molecule has 0 bridgehead atoms. The fourth-order valence-electron chi connectivity index (χ4n) is 1.24. The van der Waals surface area contributed by atoms with Crippen molar-refractivity contribution in [1.29, 1.82) is 0 Å². The highest BCUT2D eigenvalue weighted by Gasteiger charge is 2.20. The van der Waals surface area contributed by atoms with Gasteiger partial charge >= 0.3 is 0 Å². The molecule has 0 fully saturated rings. The zero-order chi connectivity index (χ0) is 12.3. The second-order valence-corrected chi connectivity index (χ2v) is 5.33. The predicted molar refractivity (Wildman–Crippen MR) is 69.1 cm³/mol. The highest BCUT2D eigenvalue weighted by atomic mass is 79.9. The monoisotopic (exact) mass is 284 g/mol. The lowest BCUT2D eigenvalue weighted by atomic mass is 10.1. The average molecular weight is 285 g/mol. The van der Waals surface area contributed by atoms with Crippen LogP contribution in [-0.4, -0.2) is 11.4 Å². The van der Waals surface area contributed by atoms with Gasteiger partial charge in [-0.15, -0.1) is 0 Å². The largest absolute Gasteiger partial charge is 0.487 e. The van der Waals surface area contributed by atoms with E-state index < -0.39 is 0 Å². The number of benzene rings is 1. The molecule has 0 aliphatic heterocycles. The highest BCUT2D eigenvalue weighted by Crippen LogP contribution is 2.28. The van der Waals surface area contributed by atoms with Gasteiger partial charge in [0.25, 0.3) is 0 Å². The minimum absolute atomic E-state index is 0.0226. The number of hydrogen-bond donors (Lipinski definition) is 0. The molecular weight excluding hydrogens is 268 g/mol. The first kappa shape index (κ1) is 13.2. The summed E-state index contributed by atoms with van der Waals surface area (Å²) >= 11 is 3.38. The predicted octanol–water partition coefficient (Wildman–Crippen LogP) is 4.22. The Kier molecular flexibility index (Phi) is 4.14. The van der Waals surface area contributed by atoms with E-state index in [2.05, 4.69) is 22.9 Å². The van der Waals surface area contributed by atoms with Gasteiger partial charge in [-0.1, -0.05) is 22.9 Å². The van der Waals surface area contributed by atoms with Crippen LogP contribution < -0.4 is 4.74 Å². The minimum atomic E-state index is -0.259. The molecule has 1 rings (SSSR count). The second-order valence-electron chi connectivity index (χ2n) is 4.41. The lowest BCUT2D eigenvalue weighted by Crippen LogP contribution is -2.27. The fourth-order valence-corrected chi connectivity index (χ4v) is 1.58. The third-order valence-electron chi connectivity index (χ3n) is 2.56. The van der Waals surface area contributed by atoms with Crippen molar-refractivity contribution in [2.45, 2.75) is 39.7 Å². The molecule has 1 aromatic carbocycles. The zero-order valence-electron chi connectivity index (χ0n) is 10.1. The summed E-state index contributed by atoms with van der Waals surface area (Å²) < 4.78 is 6.79. The van der Waals surface area contributed by atoms with E-state index in [9.17, 15) is 4.79 Å². The third-order valence-corrected chi connectivity index (χ3v) is 3.05. The van der Waals surface area contributed by atoms with Gasteiger partial charge in [0.05, 0.1) is 5.56 Å². The van der Waals surface area contributed by atoms with Crippen LogP contribution in [0.1, 0.15) is 44.5 Å². The Morgan fingerprint density at radius 1 is 1.44 bits per heavy atom. The number of carbonyl (C=O) groups is 1. The lowest BCUT2D eigenvalue weighted by molar-refractivity contribution is 0.0946. The molecule has 0 saturated carbocycles. The van der Waals surface area contributed by atoms with Crippen LogP contribution in [0.5, 0.6) is 5.75 Å². The van der Waals surface area contributed by atoms with Crippen LogP contribution in [0.25, 0.3) is 0 Å². The van der Waals surface area contributed by atoms with Crippen LogP contribution in [-0.2, 0) is 0 Å². The van der Waals surface area contributed by atoms with E-state index in [-0.39, 0.29) is 11.4 Å². The standard InChI is InChI=1S/C13H17BrO2/c1-5-13(3,4)16-12-8-10(14)6-7-11(12)9(2)15/h6-8H,5H2,1-4H3. The molecule has 0 unspecified atom stereocenters. The number of ether oxygens (including phenoxy) is 1. The number of rotatable bonds is 4. The molecule has 0 aromatic heterocycles. The van der Waals surface area contributed by atoms with Gasteiger partial charge in [0.1, 0.15) is 11.4 Å². The molecule has 0 spiro atoms. The second kappa shape index (κ2) is 5.00. The maximum atomic E-state index is 11.5.